The monoisotopic (exact) mass is 390 g/mol. The van der Waals surface area contributed by atoms with Crippen LogP contribution in [0.25, 0.3) is 22.5 Å². The number of nitrogens with zero attached hydrogens (tertiary/aromatic N) is 4. The molecule has 0 saturated heterocycles. The Hall–Kier alpha value is -2.79. The molecule has 0 unspecified atom stereocenters. The van der Waals surface area contributed by atoms with Gasteiger partial charge in [0.25, 0.3) is 0 Å². The molecule has 0 aliphatic heterocycles. The largest absolute Gasteiger partial charge is 0.265 e. The topological polar surface area (TPSA) is 43.6 Å². The molecule has 0 radical (unpaired) electrons. The normalized spacial score (nSPS) is 10.8. The van der Waals surface area contributed by atoms with E-state index in [0.29, 0.717) is 6.54 Å². The van der Waals surface area contributed by atoms with Crippen molar-refractivity contribution in [2.24, 2.45) is 0 Å². The van der Waals surface area contributed by atoms with Crippen molar-refractivity contribution in [3.05, 3.63) is 89.2 Å². The van der Waals surface area contributed by atoms with Crippen LogP contribution in [0.3, 0.4) is 0 Å². The minimum absolute atomic E-state index is 0.669. The van der Waals surface area contributed by atoms with Gasteiger partial charge in [-0.15, -0.1) is 5.10 Å². The highest BCUT2D eigenvalue weighted by Crippen LogP contribution is 2.31. The van der Waals surface area contributed by atoms with Crippen molar-refractivity contribution in [2.75, 3.05) is 0 Å². The first-order valence-corrected chi connectivity index (χ1v) is 8.74. The molecule has 0 atom stereocenters. The van der Waals surface area contributed by atoms with Crippen molar-refractivity contribution in [1.29, 1.82) is 0 Å². The third-order valence-corrected chi connectivity index (χ3v) is 4.51. The lowest BCUT2D eigenvalue weighted by molar-refractivity contribution is 0.656. The number of pyridine rings is 1. The van der Waals surface area contributed by atoms with Crippen molar-refractivity contribution >= 4 is 15.9 Å². The van der Waals surface area contributed by atoms with Crippen LogP contribution >= 0.6 is 15.9 Å². The molecule has 0 amide bonds. The maximum absolute atomic E-state index is 4.47. The quantitative estimate of drug-likeness (QED) is 0.501. The maximum Gasteiger partial charge on any atom is 0.121 e. The fraction of sp³-hybridized carbons (Fsp3) is 0.0500. The van der Waals surface area contributed by atoms with E-state index in [1.54, 1.807) is 12.4 Å². The molecule has 5 heteroatoms. The second-order valence-electron chi connectivity index (χ2n) is 5.67. The summed E-state index contributed by atoms with van der Waals surface area (Å²) < 4.78 is 2.99. The zero-order valence-electron chi connectivity index (χ0n) is 13.4. The highest BCUT2D eigenvalue weighted by molar-refractivity contribution is 9.10. The van der Waals surface area contributed by atoms with Gasteiger partial charge in [-0.25, -0.2) is 4.68 Å². The fourth-order valence-corrected chi connectivity index (χ4v) is 3.04. The molecule has 0 N–H and O–H groups in total. The van der Waals surface area contributed by atoms with Crippen LogP contribution < -0.4 is 0 Å². The summed E-state index contributed by atoms with van der Waals surface area (Å²) in [4.78, 5) is 4.13. The van der Waals surface area contributed by atoms with Crippen LogP contribution in [0.1, 0.15) is 5.56 Å². The summed E-state index contributed by atoms with van der Waals surface area (Å²) in [6, 6.07) is 22.4. The molecule has 0 bridgehead atoms. The van der Waals surface area contributed by atoms with Crippen LogP contribution in [0.15, 0.2) is 83.6 Å². The highest BCUT2D eigenvalue weighted by Gasteiger charge is 2.16. The van der Waals surface area contributed by atoms with E-state index in [1.807, 2.05) is 59.3 Å². The second-order valence-corrected chi connectivity index (χ2v) is 6.59. The number of halogens is 1. The van der Waals surface area contributed by atoms with Crippen LogP contribution in [0.5, 0.6) is 0 Å². The van der Waals surface area contributed by atoms with Crippen molar-refractivity contribution in [3.8, 4) is 22.5 Å². The molecule has 0 aliphatic carbocycles. The standard InChI is InChI=1S/C20H15BrN4/c21-18-8-6-16(7-9-18)19-20(17-10-12-22-13-11-17)25(24-23-19)14-15-4-2-1-3-5-15/h1-13H,14H2. The molecule has 2 aromatic carbocycles. The number of benzene rings is 2. The lowest BCUT2D eigenvalue weighted by Crippen LogP contribution is -2.04. The Labute approximate surface area is 154 Å². The summed E-state index contributed by atoms with van der Waals surface area (Å²) in [6.45, 7) is 0.669. The lowest BCUT2D eigenvalue weighted by Gasteiger charge is -2.09. The molecule has 4 aromatic rings. The molecule has 0 saturated carbocycles. The van der Waals surface area contributed by atoms with Crippen molar-refractivity contribution < 1.29 is 0 Å². The second kappa shape index (κ2) is 6.99. The van der Waals surface area contributed by atoms with Gasteiger partial charge in [-0.3, -0.25) is 4.98 Å². The first-order valence-electron chi connectivity index (χ1n) is 7.95. The summed E-state index contributed by atoms with van der Waals surface area (Å²) in [7, 11) is 0. The third-order valence-electron chi connectivity index (χ3n) is 3.98. The van der Waals surface area contributed by atoms with Gasteiger partial charge < -0.3 is 0 Å². The average Bonchev–Trinajstić information content (AvgIpc) is 3.07. The zero-order chi connectivity index (χ0) is 17.1. The van der Waals surface area contributed by atoms with E-state index < -0.39 is 0 Å². The number of rotatable bonds is 4. The van der Waals surface area contributed by atoms with Gasteiger partial charge in [-0.1, -0.05) is 63.6 Å². The van der Waals surface area contributed by atoms with E-state index in [1.165, 1.54) is 5.56 Å². The molecule has 4 nitrogen and oxygen atoms in total. The first-order chi connectivity index (χ1) is 12.3. The van der Waals surface area contributed by atoms with Gasteiger partial charge in [-0.05, 0) is 29.8 Å². The summed E-state index contributed by atoms with van der Waals surface area (Å²) in [5.41, 5.74) is 5.14. The van der Waals surface area contributed by atoms with Gasteiger partial charge >= 0.3 is 0 Å². The van der Waals surface area contributed by atoms with Gasteiger partial charge in [-0.2, -0.15) is 0 Å². The van der Waals surface area contributed by atoms with Gasteiger partial charge in [0, 0.05) is 28.0 Å². The fourth-order valence-electron chi connectivity index (χ4n) is 2.78. The SMILES string of the molecule is Brc1ccc(-c2nnn(Cc3ccccc3)c2-c2ccncc2)cc1. The van der Waals surface area contributed by atoms with Crippen LogP contribution in [0.4, 0.5) is 0 Å². The Morgan fingerprint density at radius 1 is 0.800 bits per heavy atom. The minimum atomic E-state index is 0.669. The van der Waals surface area contributed by atoms with E-state index in [4.69, 9.17) is 0 Å². The molecule has 0 fully saturated rings. The van der Waals surface area contributed by atoms with E-state index in [0.717, 1.165) is 27.0 Å². The Bertz CT molecular complexity index is 964. The maximum atomic E-state index is 4.47. The molecular weight excluding hydrogens is 376 g/mol. The Morgan fingerprint density at radius 3 is 2.24 bits per heavy atom. The highest BCUT2D eigenvalue weighted by atomic mass is 79.9. The zero-order valence-corrected chi connectivity index (χ0v) is 15.0. The molecule has 4 rings (SSSR count). The molecular formula is C20H15BrN4. The number of hydrogen-bond acceptors (Lipinski definition) is 3. The Balaban J connectivity index is 1.83. The van der Waals surface area contributed by atoms with E-state index in [-0.39, 0.29) is 0 Å². The molecule has 122 valence electrons. The lowest BCUT2D eigenvalue weighted by atomic mass is 10.1. The smallest absolute Gasteiger partial charge is 0.121 e. The van der Waals surface area contributed by atoms with Gasteiger partial charge in [0.05, 0.1) is 12.2 Å². The molecule has 0 aliphatic rings. The van der Waals surface area contributed by atoms with Crippen LogP contribution in [0.2, 0.25) is 0 Å². The number of hydrogen-bond donors (Lipinski definition) is 0. The molecule has 2 heterocycles. The summed E-state index contributed by atoms with van der Waals surface area (Å²) >= 11 is 3.48. The summed E-state index contributed by atoms with van der Waals surface area (Å²) in [6.07, 6.45) is 3.58. The Morgan fingerprint density at radius 2 is 1.52 bits per heavy atom. The van der Waals surface area contributed by atoms with E-state index >= 15 is 0 Å². The molecule has 0 spiro atoms. The minimum Gasteiger partial charge on any atom is -0.265 e. The van der Waals surface area contributed by atoms with E-state index in [2.05, 4.69) is 43.4 Å². The summed E-state index contributed by atoms with van der Waals surface area (Å²) in [5, 5.41) is 8.89. The van der Waals surface area contributed by atoms with Crippen LogP contribution in [-0.4, -0.2) is 20.0 Å². The molecule has 2 aromatic heterocycles. The van der Waals surface area contributed by atoms with Crippen LogP contribution in [0, 0.1) is 0 Å². The van der Waals surface area contributed by atoms with Crippen LogP contribution in [-0.2, 0) is 6.54 Å². The van der Waals surface area contributed by atoms with E-state index in [9.17, 15) is 0 Å². The third kappa shape index (κ3) is 3.37. The van der Waals surface area contributed by atoms with Gasteiger partial charge in [0.2, 0.25) is 0 Å². The van der Waals surface area contributed by atoms with Crippen molar-refractivity contribution in [2.45, 2.75) is 6.54 Å². The van der Waals surface area contributed by atoms with Crippen molar-refractivity contribution in [3.63, 3.8) is 0 Å². The Kier molecular flexibility index (Phi) is 4.39. The molecule has 25 heavy (non-hydrogen) atoms. The van der Waals surface area contributed by atoms with Crippen molar-refractivity contribution in [1.82, 2.24) is 20.0 Å². The predicted molar refractivity (Wildman–Crippen MR) is 102 cm³/mol. The van der Waals surface area contributed by atoms with Gasteiger partial charge in [0.1, 0.15) is 5.69 Å². The predicted octanol–water partition coefficient (Wildman–Crippen LogP) is 4.82. The van der Waals surface area contributed by atoms with Gasteiger partial charge in [0.15, 0.2) is 0 Å². The average molecular weight is 391 g/mol. The number of aromatic nitrogens is 4. The summed E-state index contributed by atoms with van der Waals surface area (Å²) in [5.74, 6) is 0. The first kappa shape index (κ1) is 15.7.